The molecule has 1 heterocycles. The lowest BCUT2D eigenvalue weighted by Gasteiger charge is -2.08. The summed E-state index contributed by atoms with van der Waals surface area (Å²) in [6.07, 6.45) is 3.67. The third kappa shape index (κ3) is 2.33. The van der Waals surface area contributed by atoms with Gasteiger partial charge in [-0.25, -0.2) is 8.42 Å². The second-order valence-electron chi connectivity index (χ2n) is 4.47. The molecule has 0 aliphatic heterocycles. The van der Waals surface area contributed by atoms with E-state index in [4.69, 9.17) is 5.73 Å². The van der Waals surface area contributed by atoms with Crippen molar-refractivity contribution in [1.29, 1.82) is 0 Å². The van der Waals surface area contributed by atoms with E-state index < -0.39 is 10.0 Å². The lowest BCUT2D eigenvalue weighted by Crippen LogP contribution is -2.12. The van der Waals surface area contributed by atoms with E-state index in [2.05, 4.69) is 9.71 Å². The smallest absolute Gasteiger partial charge is 0.261 e. The minimum absolute atomic E-state index is 0.181. The van der Waals surface area contributed by atoms with Gasteiger partial charge in [-0.2, -0.15) is 0 Å². The summed E-state index contributed by atoms with van der Waals surface area (Å²) in [7, 11) is -3.60. The predicted octanol–water partition coefficient (Wildman–Crippen LogP) is 2.55. The van der Waals surface area contributed by atoms with Gasteiger partial charge in [0.1, 0.15) is 0 Å². The Kier molecular flexibility index (Phi) is 2.87. The van der Waals surface area contributed by atoms with Crippen molar-refractivity contribution in [3.05, 3.63) is 54.9 Å². The van der Waals surface area contributed by atoms with Crippen molar-refractivity contribution in [2.24, 2.45) is 0 Å². The second-order valence-corrected chi connectivity index (χ2v) is 6.16. The van der Waals surface area contributed by atoms with Gasteiger partial charge in [0.15, 0.2) is 0 Å². The summed E-state index contributed by atoms with van der Waals surface area (Å²) in [4.78, 5) is 3.16. The molecule has 0 bridgehead atoms. The van der Waals surface area contributed by atoms with Crippen molar-refractivity contribution in [3.8, 4) is 0 Å². The number of anilines is 2. The average molecular weight is 287 g/mol. The van der Waals surface area contributed by atoms with Gasteiger partial charge in [0.05, 0.1) is 4.90 Å². The molecule has 0 unspecified atom stereocenters. The van der Waals surface area contributed by atoms with Gasteiger partial charge in [-0.3, -0.25) is 4.72 Å². The molecule has 0 saturated carbocycles. The van der Waals surface area contributed by atoms with Gasteiger partial charge in [-0.15, -0.1) is 0 Å². The first-order chi connectivity index (χ1) is 9.54. The summed E-state index contributed by atoms with van der Waals surface area (Å²) in [5.41, 5.74) is 6.60. The summed E-state index contributed by atoms with van der Waals surface area (Å²) in [6.45, 7) is 0. The number of fused-ring (bicyclic) bond motifs is 1. The average Bonchev–Trinajstić information content (AvgIpc) is 2.86. The SMILES string of the molecule is Nc1ccc(S(=O)(=O)Nc2ccc3c[nH]cc3c2)cc1. The highest BCUT2D eigenvalue weighted by Crippen LogP contribution is 2.21. The molecule has 1 aromatic heterocycles. The zero-order valence-electron chi connectivity index (χ0n) is 10.5. The molecule has 20 heavy (non-hydrogen) atoms. The number of rotatable bonds is 3. The number of aromatic nitrogens is 1. The van der Waals surface area contributed by atoms with Crippen LogP contribution in [-0.2, 0) is 10.0 Å². The highest BCUT2D eigenvalue weighted by atomic mass is 32.2. The summed E-state index contributed by atoms with van der Waals surface area (Å²) in [5, 5.41) is 1.97. The number of hydrogen-bond donors (Lipinski definition) is 3. The molecule has 6 heteroatoms. The first kappa shape index (κ1) is 12.6. The van der Waals surface area contributed by atoms with Crippen molar-refractivity contribution >= 4 is 32.2 Å². The summed E-state index contributed by atoms with van der Waals surface area (Å²) >= 11 is 0. The fourth-order valence-electron chi connectivity index (χ4n) is 1.98. The standard InChI is InChI=1S/C14H13N3O2S/c15-12-2-5-14(6-3-12)20(18,19)17-13-4-1-10-8-16-9-11(10)7-13/h1-9,16-17H,15H2. The molecule has 0 aliphatic rings. The highest BCUT2D eigenvalue weighted by Gasteiger charge is 2.13. The zero-order chi connectivity index (χ0) is 14.2. The van der Waals surface area contributed by atoms with E-state index >= 15 is 0 Å². The Morgan fingerprint density at radius 3 is 2.40 bits per heavy atom. The molecule has 0 spiro atoms. The van der Waals surface area contributed by atoms with Gasteiger partial charge >= 0.3 is 0 Å². The maximum Gasteiger partial charge on any atom is 0.261 e. The molecule has 3 rings (SSSR count). The van der Waals surface area contributed by atoms with Gasteiger partial charge in [0.2, 0.25) is 0 Å². The van der Waals surface area contributed by atoms with E-state index in [9.17, 15) is 8.42 Å². The molecule has 4 N–H and O–H groups in total. The number of nitrogens with two attached hydrogens (primary N) is 1. The van der Waals surface area contributed by atoms with Crippen LogP contribution in [0.4, 0.5) is 11.4 Å². The van der Waals surface area contributed by atoms with Gasteiger partial charge in [-0.1, -0.05) is 6.07 Å². The van der Waals surface area contributed by atoms with Crippen LogP contribution in [0.25, 0.3) is 10.8 Å². The van der Waals surface area contributed by atoms with Crippen LogP contribution in [0.3, 0.4) is 0 Å². The number of sulfonamides is 1. The number of aromatic amines is 1. The molecular weight excluding hydrogens is 274 g/mol. The van der Waals surface area contributed by atoms with Crippen molar-refractivity contribution in [3.63, 3.8) is 0 Å². The van der Waals surface area contributed by atoms with Gasteiger partial charge < -0.3 is 10.7 Å². The van der Waals surface area contributed by atoms with Crippen LogP contribution in [0.5, 0.6) is 0 Å². The maximum absolute atomic E-state index is 12.2. The first-order valence-corrected chi connectivity index (χ1v) is 7.48. The number of nitrogens with one attached hydrogen (secondary N) is 2. The van der Waals surface area contributed by atoms with Crippen LogP contribution in [0.2, 0.25) is 0 Å². The largest absolute Gasteiger partial charge is 0.399 e. The maximum atomic E-state index is 12.2. The highest BCUT2D eigenvalue weighted by molar-refractivity contribution is 7.92. The van der Waals surface area contributed by atoms with Crippen LogP contribution in [0.1, 0.15) is 0 Å². The van der Waals surface area contributed by atoms with Crippen LogP contribution in [0, 0.1) is 0 Å². The molecule has 102 valence electrons. The van der Waals surface area contributed by atoms with Crippen molar-refractivity contribution in [2.45, 2.75) is 4.90 Å². The quantitative estimate of drug-likeness (QED) is 0.647. The minimum Gasteiger partial charge on any atom is -0.399 e. The monoisotopic (exact) mass is 287 g/mol. The van der Waals surface area contributed by atoms with E-state index in [0.29, 0.717) is 11.4 Å². The molecular formula is C14H13N3O2S. The van der Waals surface area contributed by atoms with E-state index in [0.717, 1.165) is 10.8 Å². The fourth-order valence-corrected chi connectivity index (χ4v) is 3.03. The van der Waals surface area contributed by atoms with E-state index in [1.807, 2.05) is 18.5 Å². The Morgan fingerprint density at radius 2 is 1.65 bits per heavy atom. The van der Waals surface area contributed by atoms with Crippen molar-refractivity contribution in [1.82, 2.24) is 4.98 Å². The third-order valence-electron chi connectivity index (χ3n) is 3.01. The molecule has 0 radical (unpaired) electrons. The number of nitrogen functional groups attached to an aromatic ring is 1. The Balaban J connectivity index is 1.94. The molecule has 0 aliphatic carbocycles. The number of hydrogen-bond acceptors (Lipinski definition) is 3. The van der Waals surface area contributed by atoms with E-state index in [1.165, 1.54) is 12.1 Å². The van der Waals surface area contributed by atoms with Gasteiger partial charge in [0, 0.05) is 29.2 Å². The van der Waals surface area contributed by atoms with E-state index in [-0.39, 0.29) is 4.90 Å². The number of benzene rings is 2. The molecule has 0 amide bonds. The Labute approximate surface area is 116 Å². The van der Waals surface area contributed by atoms with Crippen LogP contribution >= 0.6 is 0 Å². The molecule has 3 aromatic rings. The third-order valence-corrected chi connectivity index (χ3v) is 4.40. The van der Waals surface area contributed by atoms with Crippen LogP contribution in [0.15, 0.2) is 59.8 Å². The summed E-state index contributed by atoms with van der Waals surface area (Å²) < 4.78 is 27.0. The van der Waals surface area contributed by atoms with Crippen LogP contribution < -0.4 is 10.5 Å². The molecule has 2 aromatic carbocycles. The van der Waals surface area contributed by atoms with Crippen LogP contribution in [-0.4, -0.2) is 13.4 Å². The fraction of sp³-hybridized carbons (Fsp3) is 0. The predicted molar refractivity (Wildman–Crippen MR) is 80.0 cm³/mol. The summed E-state index contributed by atoms with van der Waals surface area (Å²) in [5.74, 6) is 0. The Bertz CT molecular complexity index is 852. The number of H-pyrrole nitrogens is 1. The molecule has 0 saturated heterocycles. The Morgan fingerprint density at radius 1 is 0.950 bits per heavy atom. The Hall–Kier alpha value is -2.47. The normalized spacial score (nSPS) is 11.6. The molecule has 5 nitrogen and oxygen atoms in total. The van der Waals surface area contributed by atoms with Crippen molar-refractivity contribution < 1.29 is 8.42 Å². The molecule has 0 atom stereocenters. The van der Waals surface area contributed by atoms with Crippen molar-refractivity contribution in [2.75, 3.05) is 10.5 Å². The lowest BCUT2D eigenvalue weighted by atomic mass is 10.2. The van der Waals surface area contributed by atoms with E-state index in [1.54, 1.807) is 24.3 Å². The first-order valence-electron chi connectivity index (χ1n) is 5.99. The summed E-state index contributed by atoms with van der Waals surface area (Å²) in [6, 6.07) is 11.4. The second kappa shape index (κ2) is 4.57. The minimum atomic E-state index is -3.60. The topological polar surface area (TPSA) is 88.0 Å². The van der Waals surface area contributed by atoms with Gasteiger partial charge in [0.25, 0.3) is 10.0 Å². The zero-order valence-corrected chi connectivity index (χ0v) is 11.3. The molecule has 0 fully saturated rings. The van der Waals surface area contributed by atoms with Gasteiger partial charge in [-0.05, 0) is 41.8 Å². The lowest BCUT2D eigenvalue weighted by molar-refractivity contribution is 0.601.